The summed E-state index contributed by atoms with van der Waals surface area (Å²) in [5, 5.41) is 0. The van der Waals surface area contributed by atoms with Crippen LogP contribution in [0, 0.1) is 5.82 Å². The second kappa shape index (κ2) is 5.35. The number of rotatable bonds is 2. The number of nitrogens with zero attached hydrogens (tertiary/aromatic N) is 1. The standard InChI is InChI=1S/C18H13FN2O2S/c19-15-8-4-5-9-17(15)21-18-11-10-14(13-6-2-1-3-7-13)12-16(18)20-24(21,22)23/h1-12,20H. The van der Waals surface area contributed by atoms with Gasteiger partial charge in [0.15, 0.2) is 0 Å². The number of benzene rings is 3. The van der Waals surface area contributed by atoms with Crippen molar-refractivity contribution in [2.45, 2.75) is 0 Å². The summed E-state index contributed by atoms with van der Waals surface area (Å²) >= 11 is 0. The van der Waals surface area contributed by atoms with Crippen molar-refractivity contribution >= 4 is 27.3 Å². The van der Waals surface area contributed by atoms with Gasteiger partial charge in [-0.15, -0.1) is 0 Å². The molecule has 1 heterocycles. The molecule has 0 spiro atoms. The van der Waals surface area contributed by atoms with Crippen molar-refractivity contribution in [3.05, 3.63) is 78.6 Å². The lowest BCUT2D eigenvalue weighted by atomic mass is 10.0. The average Bonchev–Trinajstić information content (AvgIpc) is 2.85. The predicted molar refractivity (Wildman–Crippen MR) is 93.0 cm³/mol. The first-order valence-corrected chi connectivity index (χ1v) is 8.77. The quantitative estimate of drug-likeness (QED) is 0.756. The van der Waals surface area contributed by atoms with Gasteiger partial charge in [-0.25, -0.2) is 8.70 Å². The zero-order chi connectivity index (χ0) is 16.7. The highest BCUT2D eigenvalue weighted by Crippen LogP contribution is 2.43. The molecule has 0 atom stereocenters. The van der Waals surface area contributed by atoms with Crippen LogP contribution in [0.4, 0.5) is 21.5 Å². The number of hydrogen-bond donors (Lipinski definition) is 1. The number of hydrogen-bond acceptors (Lipinski definition) is 2. The fraction of sp³-hybridized carbons (Fsp3) is 0. The lowest BCUT2D eigenvalue weighted by Crippen LogP contribution is -2.25. The molecular formula is C18H13FN2O2S. The largest absolute Gasteiger partial charge is 0.328 e. The Morgan fingerprint density at radius 1 is 0.792 bits per heavy atom. The third kappa shape index (κ3) is 2.32. The minimum absolute atomic E-state index is 0.00351. The van der Waals surface area contributed by atoms with Crippen molar-refractivity contribution in [1.82, 2.24) is 0 Å². The van der Waals surface area contributed by atoms with Crippen LogP contribution >= 0.6 is 0 Å². The topological polar surface area (TPSA) is 49.4 Å². The highest BCUT2D eigenvalue weighted by atomic mass is 32.2. The van der Waals surface area contributed by atoms with E-state index in [4.69, 9.17) is 0 Å². The zero-order valence-electron chi connectivity index (χ0n) is 12.5. The van der Waals surface area contributed by atoms with Crippen LogP contribution in [0.1, 0.15) is 0 Å². The predicted octanol–water partition coefficient (Wildman–Crippen LogP) is 4.30. The molecule has 3 aromatic carbocycles. The van der Waals surface area contributed by atoms with Gasteiger partial charge in [0.25, 0.3) is 0 Å². The molecule has 0 aliphatic carbocycles. The van der Waals surface area contributed by atoms with E-state index < -0.39 is 16.0 Å². The first-order valence-electron chi connectivity index (χ1n) is 7.33. The molecule has 6 heteroatoms. The second-order valence-corrected chi connectivity index (χ2v) is 6.94. The molecule has 0 fully saturated rings. The van der Waals surface area contributed by atoms with E-state index in [0.717, 1.165) is 15.4 Å². The summed E-state index contributed by atoms with van der Waals surface area (Å²) in [7, 11) is -3.88. The molecule has 1 aliphatic rings. The Balaban J connectivity index is 1.86. The van der Waals surface area contributed by atoms with Crippen LogP contribution in [0.3, 0.4) is 0 Å². The summed E-state index contributed by atoms with van der Waals surface area (Å²) in [6.07, 6.45) is 0. The van der Waals surface area contributed by atoms with Gasteiger partial charge >= 0.3 is 10.2 Å². The number of halogens is 1. The molecule has 4 nitrogen and oxygen atoms in total. The summed E-state index contributed by atoms with van der Waals surface area (Å²) < 4.78 is 42.5. The number of para-hydroxylation sites is 1. The minimum atomic E-state index is -3.88. The lowest BCUT2D eigenvalue weighted by molar-refractivity contribution is 0.598. The van der Waals surface area contributed by atoms with Crippen molar-refractivity contribution in [3.63, 3.8) is 0 Å². The Morgan fingerprint density at radius 3 is 2.25 bits per heavy atom. The van der Waals surface area contributed by atoms with Gasteiger partial charge in [0.05, 0.1) is 17.1 Å². The number of nitrogens with one attached hydrogen (secondary N) is 1. The molecule has 0 saturated carbocycles. The van der Waals surface area contributed by atoms with E-state index in [1.165, 1.54) is 18.2 Å². The second-order valence-electron chi connectivity index (χ2n) is 5.42. The number of fused-ring (bicyclic) bond motifs is 1. The molecular weight excluding hydrogens is 327 g/mol. The van der Waals surface area contributed by atoms with E-state index in [0.29, 0.717) is 11.4 Å². The first-order chi connectivity index (χ1) is 11.6. The van der Waals surface area contributed by atoms with Gasteiger partial charge in [-0.05, 0) is 35.4 Å². The van der Waals surface area contributed by atoms with Crippen LogP contribution in [0.25, 0.3) is 11.1 Å². The molecule has 1 N–H and O–H groups in total. The molecule has 4 rings (SSSR count). The van der Waals surface area contributed by atoms with Crippen LogP contribution in [0.2, 0.25) is 0 Å². The van der Waals surface area contributed by atoms with Crippen LogP contribution < -0.4 is 9.03 Å². The SMILES string of the molecule is O=S1(=O)Nc2cc(-c3ccccc3)ccc2N1c1ccccc1F. The fourth-order valence-electron chi connectivity index (χ4n) is 2.79. The van der Waals surface area contributed by atoms with Gasteiger partial charge < -0.3 is 0 Å². The maximum absolute atomic E-state index is 14.1. The first kappa shape index (κ1) is 14.7. The Kier molecular flexibility index (Phi) is 3.28. The Bertz CT molecular complexity index is 1020. The summed E-state index contributed by atoms with van der Waals surface area (Å²) in [6.45, 7) is 0. The maximum atomic E-state index is 14.1. The molecule has 0 radical (unpaired) electrons. The van der Waals surface area contributed by atoms with Crippen molar-refractivity contribution in [3.8, 4) is 11.1 Å². The van der Waals surface area contributed by atoms with E-state index in [2.05, 4.69) is 4.72 Å². The lowest BCUT2D eigenvalue weighted by Gasteiger charge is -2.17. The average molecular weight is 340 g/mol. The molecule has 1 aliphatic heterocycles. The molecule has 120 valence electrons. The summed E-state index contributed by atoms with van der Waals surface area (Å²) in [6, 6.07) is 20.7. The van der Waals surface area contributed by atoms with Gasteiger partial charge in [0.2, 0.25) is 0 Å². The van der Waals surface area contributed by atoms with Crippen LogP contribution in [0.5, 0.6) is 0 Å². The van der Waals surface area contributed by atoms with Gasteiger partial charge in [-0.2, -0.15) is 8.42 Å². The van der Waals surface area contributed by atoms with Gasteiger partial charge in [-0.3, -0.25) is 4.72 Å². The summed E-state index contributed by atoms with van der Waals surface area (Å²) in [5.74, 6) is -0.595. The third-order valence-electron chi connectivity index (χ3n) is 3.87. The Labute approximate surface area is 139 Å². The monoisotopic (exact) mass is 340 g/mol. The van der Waals surface area contributed by atoms with E-state index in [1.54, 1.807) is 18.2 Å². The zero-order valence-corrected chi connectivity index (χ0v) is 13.3. The van der Waals surface area contributed by atoms with Gasteiger partial charge in [0.1, 0.15) is 5.82 Å². The molecule has 0 saturated heterocycles. The number of anilines is 3. The van der Waals surface area contributed by atoms with Crippen molar-refractivity contribution in [1.29, 1.82) is 0 Å². The highest BCUT2D eigenvalue weighted by Gasteiger charge is 2.35. The summed E-state index contributed by atoms with van der Waals surface area (Å²) in [5.41, 5.74) is 2.69. The molecule has 0 amide bonds. The molecule has 24 heavy (non-hydrogen) atoms. The molecule has 0 aromatic heterocycles. The highest BCUT2D eigenvalue weighted by molar-refractivity contribution is 7.95. The maximum Gasteiger partial charge on any atom is 0.328 e. The van der Waals surface area contributed by atoms with E-state index in [-0.39, 0.29) is 5.69 Å². The van der Waals surface area contributed by atoms with Crippen molar-refractivity contribution in [2.24, 2.45) is 0 Å². The Morgan fingerprint density at radius 2 is 1.50 bits per heavy atom. The van der Waals surface area contributed by atoms with Crippen molar-refractivity contribution in [2.75, 3.05) is 9.03 Å². The molecule has 3 aromatic rings. The van der Waals surface area contributed by atoms with Crippen molar-refractivity contribution < 1.29 is 12.8 Å². The van der Waals surface area contributed by atoms with Crippen LogP contribution in [0.15, 0.2) is 72.8 Å². The molecule has 0 unspecified atom stereocenters. The van der Waals surface area contributed by atoms with E-state index in [9.17, 15) is 12.8 Å². The third-order valence-corrected chi connectivity index (χ3v) is 5.22. The van der Waals surface area contributed by atoms with E-state index in [1.807, 2.05) is 36.4 Å². The Hall–Kier alpha value is -2.86. The fourth-order valence-corrected chi connectivity index (χ4v) is 4.15. The summed E-state index contributed by atoms with van der Waals surface area (Å²) in [4.78, 5) is 0. The van der Waals surface area contributed by atoms with Crippen LogP contribution in [-0.2, 0) is 10.2 Å². The smallest absolute Gasteiger partial charge is 0.264 e. The van der Waals surface area contributed by atoms with E-state index >= 15 is 0 Å². The van der Waals surface area contributed by atoms with Gasteiger partial charge in [-0.1, -0.05) is 48.5 Å². The minimum Gasteiger partial charge on any atom is -0.264 e. The van der Waals surface area contributed by atoms with Gasteiger partial charge in [0, 0.05) is 0 Å². The molecule has 0 bridgehead atoms. The van der Waals surface area contributed by atoms with Crippen LogP contribution in [-0.4, -0.2) is 8.42 Å². The normalized spacial score (nSPS) is 15.0.